The molecule has 0 saturated carbocycles. The standard InChI is InChI=1S/C19H14ClN5O.ClH/c20-13-4-7-14(8-5-13)24-19(26)16-2-1-9-21-18(16)23-15-6-3-12-11-22-25-17(12)10-15;/h1-11H,(H,21,23)(H,22,25)(H,24,26);1H. The number of nitrogens with one attached hydrogen (secondary N) is 3. The molecular weight excluding hydrogens is 385 g/mol. The lowest BCUT2D eigenvalue weighted by Gasteiger charge is -2.11. The van der Waals surface area contributed by atoms with Gasteiger partial charge in [0, 0.05) is 28.0 Å². The molecule has 1 amide bonds. The van der Waals surface area contributed by atoms with Crippen LogP contribution in [0.3, 0.4) is 0 Å². The fourth-order valence-electron chi connectivity index (χ4n) is 2.57. The molecule has 0 bridgehead atoms. The number of benzene rings is 2. The number of hydrogen-bond acceptors (Lipinski definition) is 4. The number of fused-ring (bicyclic) bond motifs is 1. The van der Waals surface area contributed by atoms with Gasteiger partial charge in [-0.3, -0.25) is 9.89 Å². The number of carbonyl (C=O) groups excluding carboxylic acids is 1. The average molecular weight is 400 g/mol. The quantitative estimate of drug-likeness (QED) is 0.449. The molecule has 136 valence electrons. The minimum absolute atomic E-state index is 0. The van der Waals surface area contributed by atoms with Crippen LogP contribution in [0.1, 0.15) is 10.4 Å². The van der Waals surface area contributed by atoms with Crippen LogP contribution in [0.5, 0.6) is 0 Å². The topological polar surface area (TPSA) is 82.7 Å². The van der Waals surface area contributed by atoms with Crippen molar-refractivity contribution < 1.29 is 4.79 Å². The highest BCUT2D eigenvalue weighted by atomic mass is 35.5. The number of hydrogen-bond donors (Lipinski definition) is 3. The third-order valence-electron chi connectivity index (χ3n) is 3.86. The molecular formula is C19H15Cl2N5O. The molecule has 8 heteroatoms. The van der Waals surface area contributed by atoms with E-state index in [2.05, 4.69) is 25.8 Å². The van der Waals surface area contributed by atoms with Crippen LogP contribution in [0.15, 0.2) is 67.0 Å². The Morgan fingerprint density at radius 2 is 1.81 bits per heavy atom. The van der Waals surface area contributed by atoms with Crippen molar-refractivity contribution in [1.29, 1.82) is 0 Å². The zero-order valence-corrected chi connectivity index (χ0v) is 15.5. The summed E-state index contributed by atoms with van der Waals surface area (Å²) in [5.41, 5.74) is 2.80. The second-order valence-electron chi connectivity index (χ2n) is 5.66. The summed E-state index contributed by atoms with van der Waals surface area (Å²) in [6.07, 6.45) is 3.39. The molecule has 0 atom stereocenters. The van der Waals surface area contributed by atoms with Crippen molar-refractivity contribution in [2.24, 2.45) is 0 Å². The molecule has 3 N–H and O–H groups in total. The summed E-state index contributed by atoms with van der Waals surface area (Å²) in [4.78, 5) is 16.9. The zero-order chi connectivity index (χ0) is 17.9. The minimum Gasteiger partial charge on any atom is -0.340 e. The molecule has 0 fully saturated rings. The van der Waals surface area contributed by atoms with Crippen LogP contribution in [0.4, 0.5) is 17.2 Å². The van der Waals surface area contributed by atoms with Crippen LogP contribution in [0, 0.1) is 0 Å². The SMILES string of the molecule is Cl.O=C(Nc1ccc(Cl)cc1)c1cccnc1Nc1ccc2cn[nH]c2c1. The highest BCUT2D eigenvalue weighted by molar-refractivity contribution is 6.30. The highest BCUT2D eigenvalue weighted by Crippen LogP contribution is 2.23. The van der Waals surface area contributed by atoms with Gasteiger partial charge in [-0.05, 0) is 54.6 Å². The molecule has 2 heterocycles. The van der Waals surface area contributed by atoms with Crippen LogP contribution < -0.4 is 10.6 Å². The van der Waals surface area contributed by atoms with Gasteiger partial charge < -0.3 is 10.6 Å². The Morgan fingerprint density at radius 3 is 2.63 bits per heavy atom. The third kappa shape index (κ3) is 4.19. The molecule has 0 aliphatic heterocycles. The van der Waals surface area contributed by atoms with Crippen molar-refractivity contribution >= 4 is 58.0 Å². The van der Waals surface area contributed by atoms with Gasteiger partial charge in [-0.1, -0.05) is 11.6 Å². The number of nitrogens with zero attached hydrogens (tertiary/aromatic N) is 2. The maximum atomic E-state index is 12.6. The van der Waals surface area contributed by atoms with E-state index in [1.165, 1.54) is 0 Å². The van der Waals surface area contributed by atoms with Crippen LogP contribution >= 0.6 is 24.0 Å². The van der Waals surface area contributed by atoms with E-state index in [9.17, 15) is 4.79 Å². The number of rotatable bonds is 4. The number of amides is 1. The summed E-state index contributed by atoms with van der Waals surface area (Å²) in [5.74, 6) is 0.211. The van der Waals surface area contributed by atoms with Crippen LogP contribution in [-0.4, -0.2) is 21.1 Å². The molecule has 0 aliphatic rings. The lowest BCUT2D eigenvalue weighted by atomic mass is 10.2. The number of H-pyrrole nitrogens is 1. The molecule has 4 aromatic rings. The smallest absolute Gasteiger partial charge is 0.259 e. The first-order chi connectivity index (χ1) is 12.7. The van der Waals surface area contributed by atoms with E-state index in [1.54, 1.807) is 48.8 Å². The van der Waals surface area contributed by atoms with Crippen LogP contribution in [-0.2, 0) is 0 Å². The van der Waals surface area contributed by atoms with Gasteiger partial charge in [0.05, 0.1) is 17.3 Å². The molecule has 2 aromatic carbocycles. The summed E-state index contributed by atoms with van der Waals surface area (Å²) in [6.45, 7) is 0. The first kappa shape index (κ1) is 18.7. The molecule has 0 unspecified atom stereocenters. The summed E-state index contributed by atoms with van der Waals surface area (Å²) in [7, 11) is 0. The molecule has 4 rings (SSSR count). The van der Waals surface area contributed by atoms with E-state index in [0.29, 0.717) is 22.1 Å². The van der Waals surface area contributed by atoms with Gasteiger partial charge in [-0.15, -0.1) is 12.4 Å². The normalized spacial score (nSPS) is 10.3. The van der Waals surface area contributed by atoms with Crippen molar-refractivity contribution in [2.75, 3.05) is 10.6 Å². The summed E-state index contributed by atoms with van der Waals surface area (Å²) < 4.78 is 0. The first-order valence-corrected chi connectivity index (χ1v) is 8.29. The van der Waals surface area contributed by atoms with E-state index < -0.39 is 0 Å². The predicted octanol–water partition coefficient (Wildman–Crippen LogP) is 5.03. The number of aromatic nitrogens is 3. The summed E-state index contributed by atoms with van der Waals surface area (Å²) in [5, 5.41) is 14.6. The Hall–Kier alpha value is -3.09. The van der Waals surface area contributed by atoms with Crippen molar-refractivity contribution in [1.82, 2.24) is 15.2 Å². The van der Waals surface area contributed by atoms with Crippen molar-refractivity contribution in [3.8, 4) is 0 Å². The maximum absolute atomic E-state index is 12.6. The predicted molar refractivity (Wildman–Crippen MR) is 110 cm³/mol. The Kier molecular flexibility index (Phi) is 5.59. The van der Waals surface area contributed by atoms with E-state index in [4.69, 9.17) is 11.6 Å². The summed E-state index contributed by atoms with van der Waals surface area (Å²) in [6, 6.07) is 16.1. The molecule has 0 aliphatic carbocycles. The molecule has 0 saturated heterocycles. The first-order valence-electron chi connectivity index (χ1n) is 7.91. The van der Waals surface area contributed by atoms with Gasteiger partial charge in [0.2, 0.25) is 0 Å². The minimum atomic E-state index is -0.259. The van der Waals surface area contributed by atoms with E-state index >= 15 is 0 Å². The van der Waals surface area contributed by atoms with Crippen LogP contribution in [0.2, 0.25) is 5.02 Å². The van der Waals surface area contributed by atoms with Gasteiger partial charge >= 0.3 is 0 Å². The monoisotopic (exact) mass is 399 g/mol. The Labute approximate surface area is 166 Å². The van der Waals surface area contributed by atoms with E-state index in [-0.39, 0.29) is 18.3 Å². The number of pyridine rings is 1. The van der Waals surface area contributed by atoms with E-state index in [1.807, 2.05) is 18.2 Å². The lowest BCUT2D eigenvalue weighted by molar-refractivity contribution is 0.102. The van der Waals surface area contributed by atoms with Crippen molar-refractivity contribution in [3.05, 3.63) is 77.6 Å². The summed E-state index contributed by atoms with van der Waals surface area (Å²) >= 11 is 5.87. The number of anilines is 3. The molecule has 2 aromatic heterocycles. The lowest BCUT2D eigenvalue weighted by Crippen LogP contribution is -2.14. The van der Waals surface area contributed by atoms with Gasteiger partial charge in [-0.2, -0.15) is 5.10 Å². The molecule has 0 radical (unpaired) electrons. The fraction of sp³-hybridized carbons (Fsp3) is 0. The van der Waals surface area contributed by atoms with Gasteiger partial charge in [0.25, 0.3) is 5.91 Å². The van der Waals surface area contributed by atoms with Gasteiger partial charge in [0.1, 0.15) is 5.82 Å². The van der Waals surface area contributed by atoms with Gasteiger partial charge in [-0.25, -0.2) is 4.98 Å². The third-order valence-corrected chi connectivity index (χ3v) is 4.11. The number of halogens is 2. The van der Waals surface area contributed by atoms with Crippen molar-refractivity contribution in [2.45, 2.75) is 0 Å². The fourth-order valence-corrected chi connectivity index (χ4v) is 2.70. The van der Waals surface area contributed by atoms with Crippen molar-refractivity contribution in [3.63, 3.8) is 0 Å². The average Bonchev–Trinajstić information content (AvgIpc) is 3.12. The van der Waals surface area contributed by atoms with E-state index in [0.717, 1.165) is 16.6 Å². The van der Waals surface area contributed by atoms with Crippen LogP contribution in [0.25, 0.3) is 10.9 Å². The molecule has 27 heavy (non-hydrogen) atoms. The number of aromatic amines is 1. The Morgan fingerprint density at radius 1 is 1.04 bits per heavy atom. The Bertz CT molecular complexity index is 1080. The highest BCUT2D eigenvalue weighted by Gasteiger charge is 2.13. The molecule has 6 nitrogen and oxygen atoms in total. The second-order valence-corrected chi connectivity index (χ2v) is 6.09. The zero-order valence-electron chi connectivity index (χ0n) is 13.9. The maximum Gasteiger partial charge on any atom is 0.259 e. The van der Waals surface area contributed by atoms with Gasteiger partial charge in [0.15, 0.2) is 0 Å². The largest absolute Gasteiger partial charge is 0.340 e. The second kappa shape index (κ2) is 8.07. The number of carbonyl (C=O) groups is 1. The molecule has 0 spiro atoms. The Balaban J connectivity index is 0.00000210.